The van der Waals surface area contributed by atoms with E-state index in [9.17, 15) is 9.90 Å². The number of hydrogen-bond donors (Lipinski definition) is 1. The fraction of sp³-hybridized carbons (Fsp3) is 0.0952. The number of halogens is 2. The van der Waals surface area contributed by atoms with Crippen LogP contribution in [-0.4, -0.2) is 15.6 Å². The molecule has 1 amide bonds. The van der Waals surface area contributed by atoms with Crippen molar-refractivity contribution in [1.82, 2.24) is 4.57 Å². The molecule has 29 heavy (non-hydrogen) atoms. The van der Waals surface area contributed by atoms with Gasteiger partial charge in [-0.05, 0) is 31.2 Å². The molecule has 4 aromatic rings. The quantitative estimate of drug-likeness (QED) is 0.376. The highest BCUT2D eigenvalue weighted by Gasteiger charge is 2.19. The van der Waals surface area contributed by atoms with Crippen LogP contribution in [-0.2, 0) is 6.54 Å². The number of azo groups is 1. The second-order valence-corrected chi connectivity index (χ2v) is 7.19. The van der Waals surface area contributed by atoms with E-state index in [1.54, 1.807) is 35.8 Å². The zero-order valence-electron chi connectivity index (χ0n) is 15.3. The van der Waals surface area contributed by atoms with Gasteiger partial charge in [-0.15, -0.1) is 10.2 Å². The van der Waals surface area contributed by atoms with E-state index < -0.39 is 5.91 Å². The summed E-state index contributed by atoms with van der Waals surface area (Å²) in [6, 6.07) is 14.0. The van der Waals surface area contributed by atoms with Crippen molar-refractivity contribution < 1.29 is 14.3 Å². The van der Waals surface area contributed by atoms with Crippen molar-refractivity contribution >= 4 is 45.7 Å². The first kappa shape index (κ1) is 19.2. The van der Waals surface area contributed by atoms with Crippen molar-refractivity contribution in [2.45, 2.75) is 13.5 Å². The summed E-state index contributed by atoms with van der Waals surface area (Å²) >= 11 is 12.6. The highest BCUT2D eigenvalue weighted by Crippen LogP contribution is 2.40. The van der Waals surface area contributed by atoms with Crippen LogP contribution in [0.3, 0.4) is 0 Å². The Morgan fingerprint density at radius 2 is 1.83 bits per heavy atom. The Labute approximate surface area is 176 Å². The van der Waals surface area contributed by atoms with Gasteiger partial charge in [0.1, 0.15) is 5.76 Å². The maximum absolute atomic E-state index is 12.3. The molecule has 0 bridgehead atoms. The van der Waals surface area contributed by atoms with E-state index in [0.717, 1.165) is 0 Å². The third-order valence-corrected chi connectivity index (χ3v) is 5.33. The van der Waals surface area contributed by atoms with Gasteiger partial charge in [0, 0.05) is 21.0 Å². The number of aryl methyl sites for hydroxylation is 1. The van der Waals surface area contributed by atoms with Crippen molar-refractivity contribution in [3.05, 3.63) is 81.7 Å². The summed E-state index contributed by atoms with van der Waals surface area (Å²) in [6.07, 6.45) is 1.41. The molecule has 0 saturated carbocycles. The fourth-order valence-corrected chi connectivity index (χ4v) is 3.64. The third-order valence-electron chi connectivity index (χ3n) is 4.63. The Balaban J connectivity index is 1.78. The van der Waals surface area contributed by atoms with Crippen LogP contribution in [0, 0.1) is 6.92 Å². The molecule has 0 saturated heterocycles. The van der Waals surface area contributed by atoms with Gasteiger partial charge in [-0.25, -0.2) is 0 Å². The molecule has 0 spiro atoms. The number of aromatic hydroxyl groups is 1. The lowest BCUT2D eigenvalue weighted by molar-refractivity contribution is 0.0993. The van der Waals surface area contributed by atoms with Crippen LogP contribution in [0.2, 0.25) is 10.0 Å². The minimum atomic E-state index is -0.554. The number of carbonyl (C=O) groups is 1. The smallest absolute Gasteiger partial charge is 0.298 e. The monoisotopic (exact) mass is 427 g/mol. The SMILES string of the molecule is Cc1occc1C(=O)N=Nc1c(O)n(Cc2c(Cl)cccc2Cl)c2ccccc12. The number of benzene rings is 2. The van der Waals surface area contributed by atoms with Crippen LogP contribution in [0.4, 0.5) is 5.69 Å². The number of para-hydroxylation sites is 1. The average molecular weight is 428 g/mol. The molecule has 0 aliphatic carbocycles. The average Bonchev–Trinajstić information content (AvgIpc) is 3.24. The molecule has 0 aliphatic rings. The van der Waals surface area contributed by atoms with Crippen LogP contribution in [0.15, 0.2) is 69.4 Å². The second kappa shape index (κ2) is 7.73. The minimum Gasteiger partial charge on any atom is -0.493 e. The van der Waals surface area contributed by atoms with Gasteiger partial charge in [-0.2, -0.15) is 0 Å². The van der Waals surface area contributed by atoms with Crippen molar-refractivity contribution in [1.29, 1.82) is 0 Å². The number of furan rings is 1. The molecule has 0 atom stereocenters. The van der Waals surface area contributed by atoms with Gasteiger partial charge >= 0.3 is 0 Å². The molecule has 1 N–H and O–H groups in total. The van der Waals surface area contributed by atoms with Crippen LogP contribution in [0.1, 0.15) is 21.7 Å². The number of rotatable bonds is 4. The van der Waals surface area contributed by atoms with Gasteiger partial charge in [0.25, 0.3) is 5.91 Å². The number of amides is 1. The summed E-state index contributed by atoms with van der Waals surface area (Å²) in [6.45, 7) is 1.90. The molecule has 0 fully saturated rings. The van der Waals surface area contributed by atoms with Gasteiger partial charge in [0.05, 0.1) is 23.9 Å². The Morgan fingerprint density at radius 1 is 1.10 bits per heavy atom. The standard InChI is InChI=1S/C21H15Cl2N3O3/c1-12-13(9-10-29-12)20(27)25-24-19-14-5-2-3-8-18(14)26(21(19)28)11-15-16(22)6-4-7-17(15)23/h2-10,28H,11H2,1H3. The molecule has 0 aliphatic heterocycles. The van der Waals surface area contributed by atoms with Crippen molar-refractivity contribution in [3.8, 4) is 5.88 Å². The Morgan fingerprint density at radius 3 is 2.52 bits per heavy atom. The highest BCUT2D eigenvalue weighted by atomic mass is 35.5. The van der Waals surface area contributed by atoms with E-state index in [1.807, 2.05) is 18.2 Å². The number of hydrogen-bond acceptors (Lipinski definition) is 4. The Bertz CT molecular complexity index is 1240. The Hall–Kier alpha value is -3.09. The molecule has 0 radical (unpaired) electrons. The van der Waals surface area contributed by atoms with Gasteiger partial charge in [0.2, 0.25) is 5.88 Å². The molecule has 2 heterocycles. The Kier molecular flexibility index (Phi) is 5.13. The first-order valence-corrected chi connectivity index (χ1v) is 9.46. The molecular formula is C21H15Cl2N3O3. The first-order valence-electron chi connectivity index (χ1n) is 8.70. The maximum Gasteiger partial charge on any atom is 0.298 e. The molecule has 4 rings (SSSR count). The summed E-state index contributed by atoms with van der Waals surface area (Å²) in [4.78, 5) is 12.3. The molecular weight excluding hydrogens is 413 g/mol. The molecule has 146 valence electrons. The molecule has 8 heteroatoms. The molecule has 2 aromatic heterocycles. The molecule has 2 aromatic carbocycles. The summed E-state index contributed by atoms with van der Waals surface area (Å²) in [5, 5.41) is 20.3. The minimum absolute atomic E-state index is 0.136. The zero-order chi connectivity index (χ0) is 20.5. The normalized spacial score (nSPS) is 11.6. The van der Waals surface area contributed by atoms with Gasteiger partial charge < -0.3 is 14.1 Å². The largest absolute Gasteiger partial charge is 0.493 e. The van der Waals surface area contributed by atoms with Crippen molar-refractivity contribution in [3.63, 3.8) is 0 Å². The van der Waals surface area contributed by atoms with Crippen molar-refractivity contribution in [2.24, 2.45) is 10.2 Å². The number of fused-ring (bicyclic) bond motifs is 1. The number of carbonyl (C=O) groups excluding carboxylic acids is 1. The van der Waals surface area contributed by atoms with E-state index >= 15 is 0 Å². The summed E-state index contributed by atoms with van der Waals surface area (Å²) < 4.78 is 6.75. The predicted octanol–water partition coefficient (Wildman–Crippen LogP) is 6.53. The first-order chi connectivity index (χ1) is 14.0. The lowest BCUT2D eigenvalue weighted by Crippen LogP contribution is -2.00. The number of nitrogens with zero attached hydrogens (tertiary/aromatic N) is 3. The van der Waals surface area contributed by atoms with Crippen LogP contribution in [0.25, 0.3) is 10.9 Å². The van der Waals surface area contributed by atoms with Gasteiger partial charge in [-0.1, -0.05) is 47.5 Å². The van der Waals surface area contributed by atoms with Gasteiger partial charge in [0.15, 0.2) is 5.69 Å². The zero-order valence-corrected chi connectivity index (χ0v) is 16.8. The summed E-state index contributed by atoms with van der Waals surface area (Å²) in [7, 11) is 0. The molecule has 0 unspecified atom stereocenters. The van der Waals surface area contributed by atoms with Crippen LogP contribution in [0.5, 0.6) is 5.88 Å². The van der Waals surface area contributed by atoms with E-state index in [1.165, 1.54) is 12.3 Å². The second-order valence-electron chi connectivity index (χ2n) is 6.37. The maximum atomic E-state index is 12.3. The summed E-state index contributed by atoms with van der Waals surface area (Å²) in [5.41, 5.74) is 1.89. The lowest BCUT2D eigenvalue weighted by Gasteiger charge is -2.10. The fourth-order valence-electron chi connectivity index (χ4n) is 3.13. The van der Waals surface area contributed by atoms with E-state index in [0.29, 0.717) is 37.8 Å². The van der Waals surface area contributed by atoms with Crippen LogP contribution >= 0.6 is 23.2 Å². The molecule has 6 nitrogen and oxygen atoms in total. The number of aromatic nitrogens is 1. The van der Waals surface area contributed by atoms with Gasteiger partial charge in [-0.3, -0.25) is 4.79 Å². The van der Waals surface area contributed by atoms with Crippen LogP contribution < -0.4 is 0 Å². The van der Waals surface area contributed by atoms with E-state index in [4.69, 9.17) is 27.6 Å². The lowest BCUT2D eigenvalue weighted by atomic mass is 10.2. The predicted molar refractivity (Wildman–Crippen MR) is 111 cm³/mol. The van der Waals surface area contributed by atoms with E-state index in [2.05, 4.69) is 10.2 Å². The van der Waals surface area contributed by atoms with E-state index in [-0.39, 0.29) is 18.1 Å². The highest BCUT2D eigenvalue weighted by molar-refractivity contribution is 6.36. The van der Waals surface area contributed by atoms with Crippen molar-refractivity contribution in [2.75, 3.05) is 0 Å². The third kappa shape index (κ3) is 3.52. The topological polar surface area (TPSA) is 80.1 Å². The summed E-state index contributed by atoms with van der Waals surface area (Å²) in [5.74, 6) is -0.238.